The Kier molecular flexibility index (Phi) is 4.75. The van der Waals surface area contributed by atoms with E-state index in [2.05, 4.69) is 20.9 Å². The van der Waals surface area contributed by atoms with Gasteiger partial charge in [-0.2, -0.15) is 5.26 Å². The Bertz CT molecular complexity index is 1110. The molecule has 1 aromatic heterocycles. The summed E-state index contributed by atoms with van der Waals surface area (Å²) in [7, 11) is 4.07. The maximum Gasteiger partial charge on any atom is 0.325 e. The van der Waals surface area contributed by atoms with Crippen molar-refractivity contribution in [3.8, 4) is 6.07 Å². The van der Waals surface area contributed by atoms with E-state index in [0.29, 0.717) is 18.2 Å². The summed E-state index contributed by atoms with van der Waals surface area (Å²) in [5.74, 6) is 0.336. The maximum absolute atomic E-state index is 14.1. The lowest BCUT2D eigenvalue weighted by Gasteiger charge is -2.60. The summed E-state index contributed by atoms with van der Waals surface area (Å²) in [4.78, 5) is 23.9. The minimum Gasteiger partial charge on any atom is -0.316 e. The van der Waals surface area contributed by atoms with Crippen molar-refractivity contribution in [1.82, 2.24) is 14.8 Å². The van der Waals surface area contributed by atoms with Crippen LogP contribution < -0.4 is 4.90 Å². The Morgan fingerprint density at radius 3 is 2.62 bits per heavy atom. The van der Waals surface area contributed by atoms with Crippen LogP contribution in [0.1, 0.15) is 42.5 Å². The number of pyridine rings is 1. The van der Waals surface area contributed by atoms with E-state index in [4.69, 9.17) is 5.26 Å². The molecule has 1 spiro atoms. The molecule has 1 aliphatic heterocycles. The predicted octanol–water partition coefficient (Wildman–Crippen LogP) is 4.04. The van der Waals surface area contributed by atoms with Crippen molar-refractivity contribution in [2.45, 2.75) is 43.7 Å². The molecule has 2 heterocycles. The number of aryl methyl sites for hydroxylation is 1. The fraction of sp³-hybridized carbons (Fsp3) is 0.480. The Labute approximate surface area is 188 Å². The van der Waals surface area contributed by atoms with Gasteiger partial charge in [-0.15, -0.1) is 0 Å². The zero-order chi connectivity index (χ0) is 22.7. The molecule has 6 nitrogen and oxygen atoms in total. The van der Waals surface area contributed by atoms with Gasteiger partial charge in [0, 0.05) is 6.54 Å². The molecule has 0 radical (unpaired) electrons. The van der Waals surface area contributed by atoms with E-state index in [1.165, 1.54) is 18.9 Å². The zero-order valence-electron chi connectivity index (χ0n) is 18.8. The number of carbonyl (C=O) groups is 1. The maximum atomic E-state index is 14.1. The number of anilines is 1. The average molecular weight is 434 g/mol. The zero-order valence-corrected chi connectivity index (χ0v) is 18.8. The van der Waals surface area contributed by atoms with E-state index in [0.717, 1.165) is 36.2 Å². The van der Waals surface area contributed by atoms with Crippen molar-refractivity contribution in [3.05, 3.63) is 59.2 Å². The van der Waals surface area contributed by atoms with Gasteiger partial charge in [0.05, 0.1) is 29.5 Å². The second-order valence-corrected chi connectivity index (χ2v) is 9.90. The molecule has 1 saturated heterocycles. The van der Waals surface area contributed by atoms with Gasteiger partial charge in [-0.05, 0) is 81.9 Å². The van der Waals surface area contributed by atoms with E-state index in [9.17, 15) is 9.18 Å². The number of halogens is 1. The molecule has 32 heavy (non-hydrogen) atoms. The van der Waals surface area contributed by atoms with Crippen molar-refractivity contribution in [2.75, 3.05) is 32.1 Å². The molecule has 0 unspecified atom stereocenters. The minimum absolute atomic E-state index is 0.0121. The fourth-order valence-corrected chi connectivity index (χ4v) is 5.60. The summed E-state index contributed by atoms with van der Waals surface area (Å²) < 4.78 is 14.1. The monoisotopic (exact) mass is 433 g/mol. The van der Waals surface area contributed by atoms with E-state index >= 15 is 0 Å². The molecule has 1 aromatic carbocycles. The van der Waals surface area contributed by atoms with Crippen LogP contribution in [0.25, 0.3) is 0 Å². The lowest BCUT2D eigenvalue weighted by atomic mass is 9.58. The molecule has 166 valence electrons. The molecule has 5 rings (SSSR count). The lowest BCUT2D eigenvalue weighted by Crippen LogP contribution is -2.67. The van der Waals surface area contributed by atoms with Crippen LogP contribution in [-0.4, -0.2) is 53.5 Å². The number of hydrogen-bond donors (Lipinski definition) is 0. The Morgan fingerprint density at radius 1 is 1.28 bits per heavy atom. The summed E-state index contributed by atoms with van der Waals surface area (Å²) in [6.45, 7) is 3.27. The highest BCUT2D eigenvalue weighted by molar-refractivity contribution is 5.96. The summed E-state index contributed by atoms with van der Waals surface area (Å²) in [5.41, 5.74) is 2.34. The standard InChI is InChI=1S/C25H28FN5O/c1-17-9-21(11-27)28-12-22(17)30-16-24(31(23(30)32)13-18-7-8-18)14-25(15-24,29(2)3)19-5-4-6-20(26)10-19/h4-6,9-10,12,18H,7-8,13-16H2,1-3H3/t24-,25+. The smallest absolute Gasteiger partial charge is 0.316 e. The quantitative estimate of drug-likeness (QED) is 0.714. The number of amides is 2. The van der Waals surface area contributed by atoms with E-state index < -0.39 is 0 Å². The Morgan fingerprint density at radius 2 is 2.03 bits per heavy atom. The van der Waals surface area contributed by atoms with Crippen molar-refractivity contribution < 1.29 is 9.18 Å². The molecule has 2 saturated carbocycles. The van der Waals surface area contributed by atoms with Gasteiger partial charge in [0.15, 0.2) is 0 Å². The number of urea groups is 1. The molecule has 2 amide bonds. The van der Waals surface area contributed by atoms with Crippen LogP contribution in [0.2, 0.25) is 0 Å². The summed E-state index contributed by atoms with van der Waals surface area (Å²) in [6, 6.07) is 10.7. The Hall–Kier alpha value is -2.98. The van der Waals surface area contributed by atoms with Crippen LogP contribution in [-0.2, 0) is 5.54 Å². The third-order valence-electron chi connectivity index (χ3n) is 7.57. The number of benzene rings is 1. The largest absolute Gasteiger partial charge is 0.325 e. The van der Waals surface area contributed by atoms with Crippen LogP contribution in [0.3, 0.4) is 0 Å². The van der Waals surface area contributed by atoms with Crippen LogP contribution in [0.5, 0.6) is 0 Å². The van der Waals surface area contributed by atoms with Gasteiger partial charge in [-0.1, -0.05) is 12.1 Å². The predicted molar refractivity (Wildman–Crippen MR) is 120 cm³/mol. The number of hydrogen-bond acceptors (Lipinski definition) is 4. The molecular weight excluding hydrogens is 405 g/mol. The number of carbonyl (C=O) groups excluding carboxylic acids is 1. The number of nitrogens with zero attached hydrogens (tertiary/aromatic N) is 5. The van der Waals surface area contributed by atoms with E-state index in [1.54, 1.807) is 24.4 Å². The van der Waals surface area contributed by atoms with Gasteiger partial charge in [0.2, 0.25) is 0 Å². The Balaban J connectivity index is 1.50. The third-order valence-corrected chi connectivity index (χ3v) is 7.57. The number of nitriles is 1. The van der Waals surface area contributed by atoms with Crippen LogP contribution in [0, 0.1) is 30.0 Å². The normalized spacial score (nSPS) is 27.2. The highest BCUT2D eigenvalue weighted by Gasteiger charge is 2.65. The lowest BCUT2D eigenvalue weighted by molar-refractivity contribution is -0.0681. The highest BCUT2D eigenvalue weighted by Crippen LogP contribution is 2.57. The van der Waals surface area contributed by atoms with E-state index in [-0.39, 0.29) is 22.9 Å². The van der Waals surface area contributed by atoms with Crippen LogP contribution in [0.4, 0.5) is 14.9 Å². The first-order valence-electron chi connectivity index (χ1n) is 11.2. The second-order valence-electron chi connectivity index (χ2n) is 9.90. The van der Waals surface area contributed by atoms with Gasteiger partial charge in [0.25, 0.3) is 0 Å². The summed E-state index contributed by atoms with van der Waals surface area (Å²) in [6.07, 6.45) is 5.49. The first kappa shape index (κ1) is 20.9. The number of rotatable bonds is 5. The minimum atomic E-state index is -0.307. The molecule has 0 atom stereocenters. The molecule has 7 heteroatoms. The number of aromatic nitrogens is 1. The molecule has 3 fully saturated rings. The molecule has 2 aromatic rings. The van der Waals surface area contributed by atoms with Crippen LogP contribution in [0.15, 0.2) is 36.5 Å². The van der Waals surface area contributed by atoms with Crippen molar-refractivity contribution in [1.29, 1.82) is 5.26 Å². The average Bonchev–Trinajstić information content (AvgIpc) is 3.51. The molecule has 0 bridgehead atoms. The molecule has 0 N–H and O–H groups in total. The second kappa shape index (κ2) is 7.28. The fourth-order valence-electron chi connectivity index (χ4n) is 5.60. The topological polar surface area (TPSA) is 63.5 Å². The van der Waals surface area contributed by atoms with Crippen LogP contribution >= 0.6 is 0 Å². The van der Waals surface area contributed by atoms with Gasteiger partial charge in [-0.25, -0.2) is 14.2 Å². The third kappa shape index (κ3) is 3.17. The van der Waals surface area contributed by atoms with Crippen molar-refractivity contribution in [2.24, 2.45) is 5.92 Å². The van der Waals surface area contributed by atoms with Gasteiger partial charge in [-0.3, -0.25) is 9.80 Å². The molecular formula is C25H28FN5O. The van der Waals surface area contributed by atoms with Gasteiger partial charge >= 0.3 is 6.03 Å². The van der Waals surface area contributed by atoms with E-state index in [1.807, 2.05) is 32.0 Å². The first-order valence-corrected chi connectivity index (χ1v) is 11.2. The first-order chi connectivity index (χ1) is 15.3. The molecule has 2 aliphatic carbocycles. The summed E-state index contributed by atoms with van der Waals surface area (Å²) >= 11 is 0. The highest BCUT2D eigenvalue weighted by atomic mass is 19.1. The summed E-state index contributed by atoms with van der Waals surface area (Å²) in [5, 5.41) is 9.15. The molecule has 3 aliphatic rings. The van der Waals surface area contributed by atoms with Gasteiger partial charge in [0.1, 0.15) is 17.6 Å². The van der Waals surface area contributed by atoms with Gasteiger partial charge < -0.3 is 4.90 Å². The van der Waals surface area contributed by atoms with Crippen molar-refractivity contribution >= 4 is 11.7 Å². The van der Waals surface area contributed by atoms with Crippen molar-refractivity contribution in [3.63, 3.8) is 0 Å². The SMILES string of the molecule is Cc1cc(C#N)ncc1N1C[C@]2(C[C@](c3cccc(F)c3)(N(C)C)C2)N(CC2CC2)C1=O.